The first kappa shape index (κ1) is 18.0. The van der Waals surface area contributed by atoms with E-state index in [1.165, 1.54) is 12.0 Å². The lowest BCUT2D eigenvalue weighted by Crippen LogP contribution is -2.42. The molecule has 0 aliphatic rings. The summed E-state index contributed by atoms with van der Waals surface area (Å²) in [6, 6.07) is 8.62. The lowest BCUT2D eigenvalue weighted by atomic mass is 9.99. The molecule has 0 fully saturated rings. The van der Waals surface area contributed by atoms with E-state index in [0.29, 0.717) is 5.92 Å². The Morgan fingerprint density at radius 1 is 1.10 bits per heavy atom. The van der Waals surface area contributed by atoms with Gasteiger partial charge < -0.3 is 10.1 Å². The van der Waals surface area contributed by atoms with E-state index >= 15 is 0 Å². The van der Waals surface area contributed by atoms with E-state index in [9.17, 15) is 0 Å². The molecule has 1 N–H and O–H groups in total. The quantitative estimate of drug-likeness (QED) is 0.716. The van der Waals surface area contributed by atoms with Crippen molar-refractivity contribution >= 4 is 0 Å². The molecule has 2 heteroatoms. The molecule has 1 rings (SSSR count). The van der Waals surface area contributed by atoms with Crippen LogP contribution in [0.25, 0.3) is 0 Å². The molecule has 0 saturated carbocycles. The summed E-state index contributed by atoms with van der Waals surface area (Å²) in [6.07, 6.45) is 3.63. The Hall–Kier alpha value is -1.02. The third-order valence-electron chi connectivity index (χ3n) is 3.83. The Morgan fingerprint density at radius 3 is 2.19 bits per heavy atom. The predicted molar refractivity (Wildman–Crippen MR) is 92.2 cm³/mol. The van der Waals surface area contributed by atoms with Crippen molar-refractivity contribution in [1.29, 1.82) is 0 Å². The summed E-state index contributed by atoms with van der Waals surface area (Å²) < 4.78 is 6.16. The Bertz CT molecular complexity index is 391. The van der Waals surface area contributed by atoms with E-state index in [1.807, 2.05) is 0 Å². The van der Waals surface area contributed by atoms with Gasteiger partial charge in [0.25, 0.3) is 0 Å². The Kier molecular flexibility index (Phi) is 7.24. The topological polar surface area (TPSA) is 21.3 Å². The Labute approximate surface area is 131 Å². The molecule has 2 nitrogen and oxygen atoms in total. The number of hydrogen-bond donors (Lipinski definition) is 1. The van der Waals surface area contributed by atoms with Gasteiger partial charge in [-0.15, -0.1) is 0 Å². The van der Waals surface area contributed by atoms with Crippen LogP contribution in [0.3, 0.4) is 0 Å². The van der Waals surface area contributed by atoms with Gasteiger partial charge in [-0.1, -0.05) is 39.3 Å². The van der Waals surface area contributed by atoms with E-state index in [-0.39, 0.29) is 11.6 Å². The van der Waals surface area contributed by atoms with Crippen molar-refractivity contribution in [1.82, 2.24) is 5.32 Å². The first-order chi connectivity index (χ1) is 9.85. The summed E-state index contributed by atoms with van der Waals surface area (Å²) in [4.78, 5) is 0. The van der Waals surface area contributed by atoms with Crippen molar-refractivity contribution in [2.24, 2.45) is 0 Å². The summed E-state index contributed by atoms with van der Waals surface area (Å²) >= 11 is 0. The van der Waals surface area contributed by atoms with Crippen LogP contribution in [-0.2, 0) is 0 Å². The zero-order valence-electron chi connectivity index (χ0n) is 14.7. The number of ether oxygens (including phenoxy) is 1. The van der Waals surface area contributed by atoms with E-state index in [2.05, 4.69) is 71.1 Å². The average Bonchev–Trinajstić information content (AvgIpc) is 2.44. The van der Waals surface area contributed by atoms with Gasteiger partial charge in [0.15, 0.2) is 0 Å². The van der Waals surface area contributed by atoms with Gasteiger partial charge in [-0.05, 0) is 57.2 Å². The van der Waals surface area contributed by atoms with Gasteiger partial charge in [0.05, 0.1) is 0 Å². The maximum absolute atomic E-state index is 6.16. The van der Waals surface area contributed by atoms with Crippen molar-refractivity contribution < 1.29 is 4.74 Å². The monoisotopic (exact) mass is 291 g/mol. The first-order valence-electron chi connectivity index (χ1n) is 8.37. The maximum atomic E-state index is 6.16. The fourth-order valence-corrected chi connectivity index (χ4v) is 2.25. The summed E-state index contributed by atoms with van der Waals surface area (Å²) in [5.74, 6) is 1.60. The largest absolute Gasteiger partial charge is 0.489 e. The van der Waals surface area contributed by atoms with E-state index in [0.717, 1.165) is 25.1 Å². The minimum atomic E-state index is 0.135. The van der Waals surface area contributed by atoms with Crippen LogP contribution in [0.4, 0.5) is 0 Å². The van der Waals surface area contributed by atoms with Gasteiger partial charge in [-0.25, -0.2) is 0 Å². The molecule has 0 bridgehead atoms. The Balaban J connectivity index is 2.62. The second kappa shape index (κ2) is 8.43. The van der Waals surface area contributed by atoms with Crippen LogP contribution < -0.4 is 10.1 Å². The van der Waals surface area contributed by atoms with Gasteiger partial charge in [0.1, 0.15) is 11.9 Å². The highest BCUT2D eigenvalue weighted by atomic mass is 16.5. The molecule has 1 aromatic rings. The van der Waals surface area contributed by atoms with Crippen LogP contribution in [-0.4, -0.2) is 18.2 Å². The van der Waals surface area contributed by atoms with Crippen LogP contribution in [0.15, 0.2) is 24.3 Å². The van der Waals surface area contributed by atoms with Crippen molar-refractivity contribution in [2.75, 3.05) is 6.54 Å². The summed E-state index contributed by atoms with van der Waals surface area (Å²) in [5, 5.41) is 3.54. The van der Waals surface area contributed by atoms with Crippen LogP contribution in [0.2, 0.25) is 0 Å². The van der Waals surface area contributed by atoms with Gasteiger partial charge in [0, 0.05) is 12.1 Å². The molecule has 0 saturated heterocycles. The highest BCUT2D eigenvalue weighted by Crippen LogP contribution is 2.22. The Morgan fingerprint density at radius 2 is 1.71 bits per heavy atom. The molecule has 0 amide bonds. The molecule has 1 aromatic carbocycles. The molecular weight excluding hydrogens is 258 g/mol. The minimum absolute atomic E-state index is 0.135. The predicted octanol–water partition coefficient (Wildman–Crippen LogP) is 5.14. The van der Waals surface area contributed by atoms with Crippen molar-refractivity contribution in [3.05, 3.63) is 29.8 Å². The van der Waals surface area contributed by atoms with Crippen molar-refractivity contribution in [3.8, 4) is 5.75 Å². The van der Waals surface area contributed by atoms with Crippen molar-refractivity contribution in [2.45, 2.75) is 78.4 Å². The lowest BCUT2D eigenvalue weighted by molar-refractivity contribution is 0.175. The summed E-state index contributed by atoms with van der Waals surface area (Å²) in [7, 11) is 0. The number of rotatable bonds is 8. The molecule has 0 heterocycles. The van der Waals surface area contributed by atoms with Crippen LogP contribution in [0.5, 0.6) is 5.75 Å². The van der Waals surface area contributed by atoms with Crippen molar-refractivity contribution in [3.63, 3.8) is 0 Å². The van der Waals surface area contributed by atoms with E-state index < -0.39 is 0 Å². The van der Waals surface area contributed by atoms with E-state index in [4.69, 9.17) is 4.74 Å². The smallest absolute Gasteiger partial charge is 0.119 e. The highest BCUT2D eigenvalue weighted by Gasteiger charge is 2.15. The van der Waals surface area contributed by atoms with Gasteiger partial charge >= 0.3 is 0 Å². The lowest BCUT2D eigenvalue weighted by Gasteiger charge is -2.26. The molecule has 0 spiro atoms. The normalized spacial score (nSPS) is 14.8. The summed E-state index contributed by atoms with van der Waals surface area (Å²) in [5.41, 5.74) is 1.53. The second-order valence-corrected chi connectivity index (χ2v) is 7.04. The zero-order valence-corrected chi connectivity index (χ0v) is 14.7. The highest BCUT2D eigenvalue weighted by molar-refractivity contribution is 5.29. The van der Waals surface area contributed by atoms with Gasteiger partial charge in [0.2, 0.25) is 0 Å². The van der Waals surface area contributed by atoms with Gasteiger partial charge in [-0.2, -0.15) is 0 Å². The molecular formula is C19H33NO. The zero-order chi connectivity index (χ0) is 15.9. The fourth-order valence-electron chi connectivity index (χ4n) is 2.25. The number of benzene rings is 1. The molecule has 2 unspecified atom stereocenters. The molecule has 120 valence electrons. The maximum Gasteiger partial charge on any atom is 0.119 e. The minimum Gasteiger partial charge on any atom is -0.489 e. The number of hydrogen-bond acceptors (Lipinski definition) is 2. The molecule has 0 aliphatic carbocycles. The molecule has 0 radical (unpaired) electrons. The standard InChI is InChI=1S/C19H33NO/c1-7-9-18(14-20-19(4,5)6)21-17-12-10-16(11-13-17)15(3)8-2/h10-13,15,18,20H,7-9,14H2,1-6H3. The SMILES string of the molecule is CCCC(CNC(C)(C)C)Oc1ccc(C(C)CC)cc1. The molecule has 0 aromatic heterocycles. The molecule has 2 atom stereocenters. The first-order valence-corrected chi connectivity index (χ1v) is 8.37. The fraction of sp³-hybridized carbons (Fsp3) is 0.684. The van der Waals surface area contributed by atoms with Crippen LogP contribution in [0, 0.1) is 0 Å². The van der Waals surface area contributed by atoms with Crippen LogP contribution in [0.1, 0.15) is 72.3 Å². The molecule has 0 aliphatic heterocycles. The van der Waals surface area contributed by atoms with Gasteiger partial charge in [-0.3, -0.25) is 0 Å². The molecule has 21 heavy (non-hydrogen) atoms. The average molecular weight is 291 g/mol. The number of nitrogens with one attached hydrogen (secondary N) is 1. The summed E-state index contributed by atoms with van der Waals surface area (Å²) in [6.45, 7) is 14.2. The van der Waals surface area contributed by atoms with E-state index in [1.54, 1.807) is 0 Å². The second-order valence-electron chi connectivity index (χ2n) is 7.04. The van der Waals surface area contributed by atoms with Crippen LogP contribution >= 0.6 is 0 Å². The third kappa shape index (κ3) is 6.99. The third-order valence-corrected chi connectivity index (χ3v) is 3.83.